The number of hydrogen-bond donors (Lipinski definition) is 1. The molecule has 1 unspecified atom stereocenters. The van der Waals surface area contributed by atoms with Gasteiger partial charge in [-0.1, -0.05) is 0 Å². The molecule has 1 atom stereocenters. The second-order valence-corrected chi connectivity index (χ2v) is 6.11. The lowest BCUT2D eigenvalue weighted by Crippen LogP contribution is -2.39. The van der Waals surface area contributed by atoms with Crippen molar-refractivity contribution in [2.24, 2.45) is 0 Å². The van der Waals surface area contributed by atoms with Gasteiger partial charge >= 0.3 is 0 Å². The Bertz CT molecular complexity index is 884. The van der Waals surface area contributed by atoms with Gasteiger partial charge in [-0.05, 0) is 26.7 Å². The van der Waals surface area contributed by atoms with Crippen molar-refractivity contribution in [3.63, 3.8) is 0 Å². The first-order valence-electron chi connectivity index (χ1n) is 7.91. The van der Waals surface area contributed by atoms with Gasteiger partial charge in [0.15, 0.2) is 11.2 Å². The quantitative estimate of drug-likeness (QED) is 0.897. The number of hydrogen-bond acceptors (Lipinski definition) is 5. The van der Waals surface area contributed by atoms with E-state index in [1.165, 1.54) is 18.2 Å². The molecule has 3 rings (SSSR count). The third kappa shape index (κ3) is 3.45. The van der Waals surface area contributed by atoms with Gasteiger partial charge in [-0.15, -0.1) is 0 Å². The van der Waals surface area contributed by atoms with E-state index in [9.17, 15) is 14.4 Å². The monoisotopic (exact) mass is 329 g/mol. The summed E-state index contributed by atoms with van der Waals surface area (Å²) in [5.74, 6) is 0.718. The molecule has 1 N–H and O–H groups in total. The Kier molecular flexibility index (Phi) is 4.33. The maximum absolute atomic E-state index is 12.6. The number of likely N-dealkylation sites (tertiary alicyclic amines) is 1. The fourth-order valence-corrected chi connectivity index (χ4v) is 3.08. The summed E-state index contributed by atoms with van der Waals surface area (Å²) < 4.78 is 5.39. The van der Waals surface area contributed by atoms with E-state index in [2.05, 4.69) is 9.97 Å². The van der Waals surface area contributed by atoms with E-state index in [-0.39, 0.29) is 28.6 Å². The van der Waals surface area contributed by atoms with Crippen LogP contribution in [0.3, 0.4) is 0 Å². The molecule has 0 radical (unpaired) electrons. The second kappa shape index (κ2) is 6.43. The van der Waals surface area contributed by atoms with E-state index in [1.807, 2.05) is 0 Å². The van der Waals surface area contributed by atoms with Crippen LogP contribution in [0, 0.1) is 13.8 Å². The van der Waals surface area contributed by atoms with Gasteiger partial charge in [0.05, 0.1) is 5.69 Å². The predicted octanol–water partition coefficient (Wildman–Crippen LogP) is 1.36. The molecule has 1 aliphatic heterocycles. The molecule has 7 nitrogen and oxygen atoms in total. The van der Waals surface area contributed by atoms with Crippen molar-refractivity contribution in [1.82, 2.24) is 14.9 Å². The highest BCUT2D eigenvalue weighted by Crippen LogP contribution is 2.26. The van der Waals surface area contributed by atoms with E-state index in [0.29, 0.717) is 30.4 Å². The van der Waals surface area contributed by atoms with Crippen molar-refractivity contribution >= 4 is 5.91 Å². The molecular formula is C17H19N3O4. The fraction of sp³-hybridized carbons (Fsp3) is 0.412. The lowest BCUT2D eigenvalue weighted by atomic mass is 9.94. The first-order chi connectivity index (χ1) is 11.4. The van der Waals surface area contributed by atoms with E-state index in [4.69, 9.17) is 4.42 Å². The first kappa shape index (κ1) is 16.2. The first-order valence-corrected chi connectivity index (χ1v) is 7.91. The molecule has 3 heterocycles. The molecule has 24 heavy (non-hydrogen) atoms. The Hall–Kier alpha value is -2.70. The lowest BCUT2D eigenvalue weighted by Gasteiger charge is -2.32. The minimum Gasteiger partial charge on any atom is -0.456 e. The number of aryl methyl sites for hydroxylation is 2. The molecular weight excluding hydrogens is 310 g/mol. The number of nitrogens with one attached hydrogen (secondary N) is 1. The molecule has 1 aliphatic rings. The predicted molar refractivity (Wildman–Crippen MR) is 87.2 cm³/mol. The molecule has 1 amide bonds. The minimum absolute atomic E-state index is 0.000214. The molecule has 0 aliphatic carbocycles. The third-order valence-corrected chi connectivity index (χ3v) is 4.11. The maximum atomic E-state index is 12.6. The zero-order chi connectivity index (χ0) is 17.3. The van der Waals surface area contributed by atoms with Gasteiger partial charge in [-0.3, -0.25) is 14.4 Å². The van der Waals surface area contributed by atoms with Crippen molar-refractivity contribution in [2.75, 3.05) is 13.1 Å². The topological polar surface area (TPSA) is 96.3 Å². The number of carbonyl (C=O) groups excluding carboxylic acids is 1. The summed E-state index contributed by atoms with van der Waals surface area (Å²) in [5, 5.41) is 0. The normalized spacial score (nSPS) is 17.8. The van der Waals surface area contributed by atoms with E-state index in [1.54, 1.807) is 18.7 Å². The Morgan fingerprint density at radius 3 is 2.79 bits per heavy atom. The van der Waals surface area contributed by atoms with Crippen LogP contribution in [0.4, 0.5) is 0 Å². The molecule has 1 saturated heterocycles. The van der Waals surface area contributed by atoms with Crippen LogP contribution in [0.1, 0.15) is 46.6 Å². The van der Waals surface area contributed by atoms with Crippen LogP contribution in [0.15, 0.2) is 32.2 Å². The Morgan fingerprint density at radius 2 is 2.08 bits per heavy atom. The number of rotatable bonds is 2. The van der Waals surface area contributed by atoms with Gasteiger partial charge in [-0.2, -0.15) is 0 Å². The Morgan fingerprint density at radius 1 is 1.29 bits per heavy atom. The Balaban J connectivity index is 1.83. The van der Waals surface area contributed by atoms with Gasteiger partial charge in [0, 0.05) is 37.2 Å². The summed E-state index contributed by atoms with van der Waals surface area (Å²) in [4.78, 5) is 44.5. The zero-order valence-corrected chi connectivity index (χ0v) is 13.7. The number of H-pyrrole nitrogens is 1. The summed E-state index contributed by atoms with van der Waals surface area (Å²) in [7, 11) is 0. The van der Waals surface area contributed by atoms with Crippen molar-refractivity contribution < 1.29 is 9.21 Å². The van der Waals surface area contributed by atoms with E-state index >= 15 is 0 Å². The van der Waals surface area contributed by atoms with E-state index < -0.39 is 0 Å². The summed E-state index contributed by atoms with van der Waals surface area (Å²) in [5.41, 5.74) is 0.257. The van der Waals surface area contributed by atoms with Crippen molar-refractivity contribution in [3.05, 3.63) is 61.8 Å². The largest absolute Gasteiger partial charge is 0.456 e. The second-order valence-electron chi connectivity index (χ2n) is 6.11. The average Bonchev–Trinajstić information content (AvgIpc) is 2.52. The van der Waals surface area contributed by atoms with Crippen molar-refractivity contribution in [2.45, 2.75) is 32.6 Å². The van der Waals surface area contributed by atoms with Crippen LogP contribution in [-0.2, 0) is 0 Å². The molecule has 126 valence electrons. The lowest BCUT2D eigenvalue weighted by molar-refractivity contribution is 0.0669. The van der Waals surface area contributed by atoms with Crippen LogP contribution in [0.25, 0.3) is 0 Å². The summed E-state index contributed by atoms with van der Waals surface area (Å²) in [6, 6.07) is 4.05. The molecule has 7 heteroatoms. The summed E-state index contributed by atoms with van der Waals surface area (Å²) in [6.07, 6.45) is 1.66. The Labute approximate surface area is 138 Å². The van der Waals surface area contributed by atoms with Gasteiger partial charge < -0.3 is 14.3 Å². The molecule has 2 aromatic rings. The molecule has 0 bridgehead atoms. The molecule has 1 fully saturated rings. The van der Waals surface area contributed by atoms with E-state index in [0.717, 1.165) is 12.8 Å². The van der Waals surface area contributed by atoms with Gasteiger partial charge in [-0.25, -0.2) is 4.98 Å². The molecule has 0 aromatic carbocycles. The van der Waals surface area contributed by atoms with Crippen molar-refractivity contribution in [1.29, 1.82) is 0 Å². The van der Waals surface area contributed by atoms with Crippen molar-refractivity contribution in [3.8, 4) is 0 Å². The number of aromatic nitrogens is 2. The molecule has 2 aromatic heterocycles. The number of aromatic amines is 1. The smallest absolute Gasteiger partial charge is 0.289 e. The van der Waals surface area contributed by atoms with Crippen LogP contribution in [0.2, 0.25) is 0 Å². The standard InChI is InChI=1S/C17H19N3O4/c1-10-6-13(21)7-15(24-10)17(23)20-5-3-4-12(9-20)14-8-16(22)19-11(2)18-14/h6-8,12H,3-5,9H2,1-2H3,(H,18,19,22). The highest BCUT2D eigenvalue weighted by molar-refractivity contribution is 5.91. The number of piperidine rings is 1. The van der Waals surface area contributed by atoms with Crippen LogP contribution in [0.5, 0.6) is 0 Å². The van der Waals surface area contributed by atoms with Gasteiger partial charge in [0.2, 0.25) is 0 Å². The highest BCUT2D eigenvalue weighted by atomic mass is 16.3. The van der Waals surface area contributed by atoms with Crippen LogP contribution < -0.4 is 11.0 Å². The highest BCUT2D eigenvalue weighted by Gasteiger charge is 2.28. The SMILES string of the molecule is Cc1nc(C2CCCN(C(=O)c3cc(=O)cc(C)o3)C2)cc(=O)[nH]1. The van der Waals surface area contributed by atoms with Crippen LogP contribution >= 0.6 is 0 Å². The van der Waals surface area contributed by atoms with Crippen LogP contribution in [-0.4, -0.2) is 33.9 Å². The maximum Gasteiger partial charge on any atom is 0.289 e. The molecule has 0 spiro atoms. The number of nitrogens with zero attached hydrogens (tertiary/aromatic N) is 2. The summed E-state index contributed by atoms with van der Waals surface area (Å²) in [6.45, 7) is 4.42. The van der Waals surface area contributed by atoms with Gasteiger partial charge in [0.1, 0.15) is 11.6 Å². The minimum atomic E-state index is -0.304. The number of carbonyl (C=O) groups is 1. The average molecular weight is 329 g/mol. The number of amides is 1. The summed E-state index contributed by atoms with van der Waals surface area (Å²) >= 11 is 0. The molecule has 0 saturated carbocycles. The zero-order valence-electron chi connectivity index (χ0n) is 13.7. The van der Waals surface area contributed by atoms with Gasteiger partial charge in [0.25, 0.3) is 11.5 Å². The third-order valence-electron chi connectivity index (χ3n) is 4.11. The fourth-order valence-electron chi connectivity index (χ4n) is 3.08.